The average molecular weight is 289 g/mol. The lowest BCUT2D eigenvalue weighted by Crippen LogP contribution is -2.28. The molecule has 1 aromatic carbocycles. The maximum absolute atomic E-state index is 11.9. The van der Waals surface area contributed by atoms with Crippen LogP contribution in [0.5, 0.6) is 0 Å². The highest BCUT2D eigenvalue weighted by Crippen LogP contribution is 2.30. The molecule has 116 valence electrons. The number of hydrogen-bond acceptors (Lipinski definition) is 3. The van der Waals surface area contributed by atoms with Crippen molar-refractivity contribution in [1.82, 2.24) is 0 Å². The van der Waals surface area contributed by atoms with Crippen molar-refractivity contribution in [2.45, 2.75) is 52.1 Å². The van der Waals surface area contributed by atoms with Gasteiger partial charge in [-0.2, -0.15) is 0 Å². The Morgan fingerprint density at radius 3 is 2.48 bits per heavy atom. The van der Waals surface area contributed by atoms with Crippen LogP contribution in [0, 0.1) is 11.8 Å². The van der Waals surface area contributed by atoms with E-state index < -0.39 is 0 Å². The molecule has 0 radical (unpaired) electrons. The van der Waals surface area contributed by atoms with Crippen LogP contribution in [0.4, 0.5) is 5.69 Å². The number of esters is 1. The third kappa shape index (κ3) is 5.78. The number of benzene rings is 1. The summed E-state index contributed by atoms with van der Waals surface area (Å²) in [6, 6.07) is 10.1. The number of carbonyl (C=O) groups is 1. The number of para-hydroxylation sites is 1. The fourth-order valence-corrected chi connectivity index (χ4v) is 3.24. The molecule has 2 rings (SSSR count). The van der Waals surface area contributed by atoms with Gasteiger partial charge in [-0.25, -0.2) is 0 Å². The van der Waals surface area contributed by atoms with Crippen LogP contribution in [0.3, 0.4) is 0 Å². The first kappa shape index (κ1) is 15.9. The minimum Gasteiger partial charge on any atom is -0.462 e. The van der Waals surface area contributed by atoms with E-state index in [1.165, 1.54) is 6.42 Å². The van der Waals surface area contributed by atoms with E-state index >= 15 is 0 Å². The fourth-order valence-electron chi connectivity index (χ4n) is 3.24. The first-order valence-electron chi connectivity index (χ1n) is 8.12. The molecule has 0 aromatic heterocycles. The van der Waals surface area contributed by atoms with Gasteiger partial charge in [-0.05, 0) is 49.7 Å². The first-order chi connectivity index (χ1) is 10.1. The molecule has 3 nitrogen and oxygen atoms in total. The molecule has 0 bridgehead atoms. The van der Waals surface area contributed by atoms with Crippen LogP contribution in [0.15, 0.2) is 30.3 Å². The smallest absolute Gasteiger partial charge is 0.306 e. The zero-order valence-electron chi connectivity index (χ0n) is 13.2. The van der Waals surface area contributed by atoms with Gasteiger partial charge in [0.2, 0.25) is 0 Å². The van der Waals surface area contributed by atoms with Crippen molar-refractivity contribution in [3.05, 3.63) is 30.3 Å². The molecule has 1 saturated carbocycles. The van der Waals surface area contributed by atoms with E-state index in [2.05, 4.69) is 19.2 Å². The number of rotatable bonds is 6. The lowest BCUT2D eigenvalue weighted by Gasteiger charge is -2.31. The van der Waals surface area contributed by atoms with Gasteiger partial charge in [-0.1, -0.05) is 32.0 Å². The molecule has 0 aliphatic heterocycles. The quantitative estimate of drug-likeness (QED) is 0.628. The summed E-state index contributed by atoms with van der Waals surface area (Å²) in [7, 11) is 0. The molecule has 1 N–H and O–H groups in total. The molecule has 0 spiro atoms. The first-order valence-corrected chi connectivity index (χ1v) is 8.12. The average Bonchev–Trinajstić information content (AvgIpc) is 2.43. The van der Waals surface area contributed by atoms with Gasteiger partial charge in [0.1, 0.15) is 6.10 Å². The maximum atomic E-state index is 11.9. The zero-order valence-corrected chi connectivity index (χ0v) is 13.2. The van der Waals surface area contributed by atoms with Gasteiger partial charge in [0.25, 0.3) is 0 Å². The van der Waals surface area contributed by atoms with Crippen molar-refractivity contribution < 1.29 is 9.53 Å². The molecule has 1 fully saturated rings. The second-order valence-electron chi connectivity index (χ2n) is 6.43. The molecule has 0 amide bonds. The fraction of sp³-hybridized carbons (Fsp3) is 0.611. The largest absolute Gasteiger partial charge is 0.462 e. The summed E-state index contributed by atoms with van der Waals surface area (Å²) < 4.78 is 5.62. The maximum Gasteiger partial charge on any atom is 0.306 e. The second kappa shape index (κ2) is 8.06. The predicted molar refractivity (Wildman–Crippen MR) is 86.2 cm³/mol. The van der Waals surface area contributed by atoms with E-state index in [0.717, 1.165) is 31.5 Å². The zero-order chi connectivity index (χ0) is 15.1. The third-order valence-corrected chi connectivity index (χ3v) is 4.09. The number of anilines is 1. The molecule has 1 aromatic rings. The van der Waals surface area contributed by atoms with Crippen LogP contribution in [0.2, 0.25) is 0 Å². The Balaban J connectivity index is 1.61. The Hall–Kier alpha value is -1.51. The summed E-state index contributed by atoms with van der Waals surface area (Å²) in [6.07, 6.45) is 4.76. The van der Waals surface area contributed by atoms with E-state index in [-0.39, 0.29) is 12.1 Å². The van der Waals surface area contributed by atoms with Crippen molar-refractivity contribution in [2.24, 2.45) is 11.8 Å². The molecular weight excluding hydrogens is 262 g/mol. The molecular formula is C18H27NO2. The van der Waals surface area contributed by atoms with Gasteiger partial charge in [-0.15, -0.1) is 0 Å². The summed E-state index contributed by atoms with van der Waals surface area (Å²) in [4.78, 5) is 11.9. The lowest BCUT2D eigenvalue weighted by atomic mass is 9.82. The number of ether oxygens (including phenoxy) is 1. The molecule has 1 aliphatic carbocycles. The minimum atomic E-state index is -0.0452. The van der Waals surface area contributed by atoms with E-state index in [1.54, 1.807) is 0 Å². The van der Waals surface area contributed by atoms with Gasteiger partial charge in [0.05, 0.1) is 0 Å². The van der Waals surface area contributed by atoms with Crippen molar-refractivity contribution in [3.63, 3.8) is 0 Å². The van der Waals surface area contributed by atoms with Gasteiger partial charge < -0.3 is 10.1 Å². The van der Waals surface area contributed by atoms with Gasteiger partial charge in [0.15, 0.2) is 0 Å². The Kier molecular flexibility index (Phi) is 6.09. The predicted octanol–water partition coefficient (Wildman–Crippen LogP) is 4.25. The highest BCUT2D eigenvalue weighted by atomic mass is 16.5. The van der Waals surface area contributed by atoms with Crippen LogP contribution in [-0.2, 0) is 9.53 Å². The molecule has 0 heterocycles. The molecule has 1 aliphatic rings. The minimum absolute atomic E-state index is 0.0452. The Labute approximate surface area is 128 Å². The van der Waals surface area contributed by atoms with E-state index in [4.69, 9.17) is 4.74 Å². The van der Waals surface area contributed by atoms with Crippen LogP contribution in [0.25, 0.3) is 0 Å². The van der Waals surface area contributed by atoms with E-state index in [9.17, 15) is 4.79 Å². The van der Waals surface area contributed by atoms with Crippen LogP contribution in [0.1, 0.15) is 46.0 Å². The Morgan fingerprint density at radius 1 is 1.14 bits per heavy atom. The molecule has 21 heavy (non-hydrogen) atoms. The van der Waals surface area contributed by atoms with Crippen LogP contribution in [-0.4, -0.2) is 18.6 Å². The van der Waals surface area contributed by atoms with E-state index in [1.807, 2.05) is 30.3 Å². The molecule has 3 heteroatoms. The summed E-state index contributed by atoms with van der Waals surface area (Å²) in [5.41, 5.74) is 1.10. The number of hydrogen-bond donors (Lipinski definition) is 1. The van der Waals surface area contributed by atoms with Crippen LogP contribution >= 0.6 is 0 Å². The van der Waals surface area contributed by atoms with Gasteiger partial charge >= 0.3 is 5.97 Å². The molecule has 0 saturated heterocycles. The van der Waals surface area contributed by atoms with Gasteiger partial charge in [0, 0.05) is 18.7 Å². The number of carbonyl (C=O) groups excluding carboxylic acids is 1. The van der Waals surface area contributed by atoms with Gasteiger partial charge in [-0.3, -0.25) is 4.79 Å². The SMILES string of the molecule is CC1CC(C)CC(OC(=O)CCCNc2ccccc2)C1. The standard InChI is InChI=1S/C18H27NO2/c1-14-11-15(2)13-17(12-14)21-18(20)9-6-10-19-16-7-4-3-5-8-16/h3-5,7-8,14-15,17,19H,6,9-13H2,1-2H3. The lowest BCUT2D eigenvalue weighted by molar-refractivity contribution is -0.152. The second-order valence-corrected chi connectivity index (χ2v) is 6.43. The molecule has 2 atom stereocenters. The Bertz CT molecular complexity index is 422. The highest BCUT2D eigenvalue weighted by molar-refractivity contribution is 5.69. The van der Waals surface area contributed by atoms with Crippen molar-refractivity contribution in [3.8, 4) is 0 Å². The Morgan fingerprint density at radius 2 is 1.81 bits per heavy atom. The van der Waals surface area contributed by atoms with Crippen molar-refractivity contribution in [1.29, 1.82) is 0 Å². The number of nitrogens with one attached hydrogen (secondary N) is 1. The molecule has 2 unspecified atom stereocenters. The third-order valence-electron chi connectivity index (χ3n) is 4.09. The highest BCUT2D eigenvalue weighted by Gasteiger charge is 2.26. The summed E-state index contributed by atoms with van der Waals surface area (Å²) in [5, 5.41) is 3.31. The topological polar surface area (TPSA) is 38.3 Å². The van der Waals surface area contributed by atoms with Crippen LogP contribution < -0.4 is 5.32 Å². The normalized spacial score (nSPS) is 25.3. The summed E-state index contributed by atoms with van der Waals surface area (Å²) >= 11 is 0. The van der Waals surface area contributed by atoms with Crippen molar-refractivity contribution in [2.75, 3.05) is 11.9 Å². The van der Waals surface area contributed by atoms with E-state index in [0.29, 0.717) is 18.3 Å². The van der Waals surface area contributed by atoms with Crippen molar-refractivity contribution >= 4 is 11.7 Å². The monoisotopic (exact) mass is 289 g/mol. The summed E-state index contributed by atoms with van der Waals surface area (Å²) in [5.74, 6) is 1.30. The summed E-state index contributed by atoms with van der Waals surface area (Å²) in [6.45, 7) is 5.30.